The van der Waals surface area contributed by atoms with Crippen LogP contribution >= 0.6 is 0 Å². The van der Waals surface area contributed by atoms with Crippen molar-refractivity contribution in [3.05, 3.63) is 78.0 Å². The number of hydrogen-bond donors (Lipinski definition) is 1. The topological polar surface area (TPSA) is 63.7 Å². The molecule has 28 heavy (non-hydrogen) atoms. The van der Waals surface area contributed by atoms with Crippen molar-refractivity contribution in [2.75, 3.05) is 30.5 Å². The number of pyridine rings is 1. The van der Waals surface area contributed by atoms with Gasteiger partial charge in [0.25, 0.3) is 5.91 Å². The van der Waals surface area contributed by atoms with E-state index in [1.54, 1.807) is 31.5 Å². The summed E-state index contributed by atoms with van der Waals surface area (Å²) in [6, 6.07) is 19.3. The Labute approximate surface area is 163 Å². The largest absolute Gasteiger partial charge is 0.491 e. The Morgan fingerprint density at radius 1 is 1.14 bits per heavy atom. The van der Waals surface area contributed by atoms with E-state index in [2.05, 4.69) is 27.3 Å². The number of nitrogens with one attached hydrogen (secondary N) is 1. The number of anilines is 2. The lowest BCUT2D eigenvalue weighted by Crippen LogP contribution is -2.25. The fourth-order valence-electron chi connectivity index (χ4n) is 3.15. The SMILES string of the molecule is COc1ccc(NC(=O)c2ccc3c(c2)OCCN(c2ccccc2)C3)cn1. The highest BCUT2D eigenvalue weighted by Crippen LogP contribution is 2.27. The van der Waals surface area contributed by atoms with Gasteiger partial charge in [-0.1, -0.05) is 24.3 Å². The predicted molar refractivity (Wildman–Crippen MR) is 108 cm³/mol. The molecule has 1 aliphatic rings. The van der Waals surface area contributed by atoms with Crippen molar-refractivity contribution in [2.45, 2.75) is 6.54 Å². The van der Waals surface area contributed by atoms with Gasteiger partial charge in [-0.05, 0) is 30.3 Å². The summed E-state index contributed by atoms with van der Waals surface area (Å²) in [5.41, 5.74) is 3.37. The number of aromatic nitrogens is 1. The van der Waals surface area contributed by atoms with E-state index in [1.165, 1.54) is 0 Å². The zero-order valence-corrected chi connectivity index (χ0v) is 15.6. The lowest BCUT2D eigenvalue weighted by Gasteiger charge is -2.21. The first-order valence-corrected chi connectivity index (χ1v) is 9.10. The van der Waals surface area contributed by atoms with Gasteiger partial charge in [-0.2, -0.15) is 0 Å². The molecule has 0 radical (unpaired) electrons. The minimum Gasteiger partial charge on any atom is -0.491 e. The van der Waals surface area contributed by atoms with Crippen LogP contribution in [-0.2, 0) is 6.54 Å². The summed E-state index contributed by atoms with van der Waals surface area (Å²) in [7, 11) is 1.55. The molecule has 142 valence electrons. The van der Waals surface area contributed by atoms with Crippen LogP contribution in [0.25, 0.3) is 0 Å². The van der Waals surface area contributed by atoms with Gasteiger partial charge in [0.15, 0.2) is 0 Å². The van der Waals surface area contributed by atoms with Crippen LogP contribution in [0.4, 0.5) is 11.4 Å². The predicted octanol–water partition coefficient (Wildman–Crippen LogP) is 3.74. The van der Waals surface area contributed by atoms with Gasteiger partial charge in [-0.15, -0.1) is 0 Å². The molecule has 0 aliphatic carbocycles. The smallest absolute Gasteiger partial charge is 0.255 e. The molecule has 0 unspecified atom stereocenters. The van der Waals surface area contributed by atoms with E-state index in [0.29, 0.717) is 23.7 Å². The Morgan fingerprint density at radius 2 is 2.00 bits per heavy atom. The molecule has 0 saturated heterocycles. The average Bonchev–Trinajstić information content (AvgIpc) is 2.97. The van der Waals surface area contributed by atoms with Gasteiger partial charge in [0.2, 0.25) is 5.88 Å². The Morgan fingerprint density at radius 3 is 2.75 bits per heavy atom. The number of fused-ring (bicyclic) bond motifs is 1. The zero-order valence-electron chi connectivity index (χ0n) is 15.6. The monoisotopic (exact) mass is 375 g/mol. The highest BCUT2D eigenvalue weighted by molar-refractivity contribution is 6.04. The standard InChI is InChI=1S/C22H21N3O3/c1-27-21-10-9-18(14-23-21)24-22(26)16-7-8-17-15-25(11-12-28-20(17)13-16)19-5-3-2-4-6-19/h2-10,13-14H,11-12,15H2,1H3,(H,24,26). The van der Waals surface area contributed by atoms with Crippen molar-refractivity contribution in [3.63, 3.8) is 0 Å². The van der Waals surface area contributed by atoms with Gasteiger partial charge in [0.1, 0.15) is 12.4 Å². The lowest BCUT2D eigenvalue weighted by atomic mass is 10.1. The van der Waals surface area contributed by atoms with Gasteiger partial charge in [-0.3, -0.25) is 4.79 Å². The van der Waals surface area contributed by atoms with Crippen LogP contribution in [-0.4, -0.2) is 31.2 Å². The van der Waals surface area contributed by atoms with Crippen LogP contribution in [0.5, 0.6) is 11.6 Å². The summed E-state index contributed by atoms with van der Waals surface area (Å²) in [5.74, 6) is 1.04. The summed E-state index contributed by atoms with van der Waals surface area (Å²) < 4.78 is 11.0. The van der Waals surface area contributed by atoms with Gasteiger partial charge in [-0.25, -0.2) is 4.98 Å². The van der Waals surface area contributed by atoms with E-state index < -0.39 is 0 Å². The first kappa shape index (κ1) is 17.9. The number of rotatable bonds is 4. The Kier molecular flexibility index (Phi) is 5.10. The average molecular weight is 375 g/mol. The molecule has 0 spiro atoms. The molecule has 4 rings (SSSR count). The molecular weight excluding hydrogens is 354 g/mol. The second-order valence-electron chi connectivity index (χ2n) is 6.47. The first-order valence-electron chi connectivity index (χ1n) is 9.10. The molecule has 0 fully saturated rings. The summed E-state index contributed by atoms with van der Waals surface area (Å²) in [6.45, 7) is 2.09. The Balaban J connectivity index is 1.50. The van der Waals surface area contributed by atoms with Crippen molar-refractivity contribution in [2.24, 2.45) is 0 Å². The van der Waals surface area contributed by atoms with Gasteiger partial charge < -0.3 is 19.7 Å². The van der Waals surface area contributed by atoms with Crippen LogP contribution in [0.3, 0.4) is 0 Å². The third kappa shape index (κ3) is 3.91. The fourth-order valence-corrected chi connectivity index (χ4v) is 3.15. The number of benzene rings is 2. The number of hydrogen-bond acceptors (Lipinski definition) is 5. The van der Waals surface area contributed by atoms with Crippen molar-refractivity contribution in [1.82, 2.24) is 4.98 Å². The summed E-state index contributed by atoms with van der Waals surface area (Å²) in [5, 5.41) is 2.84. The first-order chi connectivity index (χ1) is 13.7. The van der Waals surface area contributed by atoms with Gasteiger partial charge in [0, 0.05) is 29.4 Å². The molecule has 3 aromatic rings. The highest BCUT2D eigenvalue weighted by Gasteiger charge is 2.18. The van der Waals surface area contributed by atoms with Crippen LogP contribution in [0.2, 0.25) is 0 Å². The molecule has 1 N–H and O–H groups in total. The second-order valence-corrected chi connectivity index (χ2v) is 6.47. The summed E-state index contributed by atoms with van der Waals surface area (Å²) in [4.78, 5) is 19.0. The number of nitrogens with zero attached hydrogens (tertiary/aromatic N) is 2. The Hall–Kier alpha value is -3.54. The van der Waals surface area contributed by atoms with Crippen molar-refractivity contribution < 1.29 is 14.3 Å². The summed E-state index contributed by atoms with van der Waals surface area (Å²) in [6.07, 6.45) is 1.56. The third-order valence-electron chi connectivity index (χ3n) is 4.63. The quantitative estimate of drug-likeness (QED) is 0.753. The lowest BCUT2D eigenvalue weighted by molar-refractivity contribution is 0.102. The fraction of sp³-hybridized carbons (Fsp3) is 0.182. The van der Waals surface area contributed by atoms with E-state index in [1.807, 2.05) is 30.3 Å². The Bertz CT molecular complexity index is 959. The van der Waals surface area contributed by atoms with Crippen LogP contribution in [0, 0.1) is 0 Å². The molecule has 1 amide bonds. The minimum atomic E-state index is -0.206. The molecular formula is C22H21N3O3. The highest BCUT2D eigenvalue weighted by atomic mass is 16.5. The van der Waals surface area contributed by atoms with E-state index >= 15 is 0 Å². The van der Waals surface area contributed by atoms with Crippen molar-refractivity contribution in [3.8, 4) is 11.6 Å². The van der Waals surface area contributed by atoms with Crippen molar-refractivity contribution >= 4 is 17.3 Å². The molecule has 6 heteroatoms. The maximum Gasteiger partial charge on any atom is 0.255 e. The normalized spacial score (nSPS) is 13.1. The second kappa shape index (κ2) is 8.00. The molecule has 2 heterocycles. The molecule has 1 aliphatic heterocycles. The molecule has 6 nitrogen and oxygen atoms in total. The number of amides is 1. The molecule has 0 bridgehead atoms. The number of ether oxygens (including phenoxy) is 2. The van der Waals surface area contributed by atoms with E-state index in [0.717, 1.165) is 30.1 Å². The van der Waals surface area contributed by atoms with Gasteiger partial charge >= 0.3 is 0 Å². The molecule has 1 aromatic heterocycles. The molecule has 0 saturated carbocycles. The third-order valence-corrected chi connectivity index (χ3v) is 4.63. The number of methoxy groups -OCH3 is 1. The van der Waals surface area contributed by atoms with Crippen LogP contribution in [0.15, 0.2) is 66.9 Å². The van der Waals surface area contributed by atoms with Gasteiger partial charge in [0.05, 0.1) is 25.5 Å². The molecule has 2 aromatic carbocycles. The minimum absolute atomic E-state index is 0.206. The number of carbonyl (C=O) groups is 1. The van der Waals surface area contributed by atoms with E-state index in [4.69, 9.17) is 9.47 Å². The maximum absolute atomic E-state index is 12.6. The zero-order chi connectivity index (χ0) is 19.3. The maximum atomic E-state index is 12.6. The van der Waals surface area contributed by atoms with Crippen molar-refractivity contribution in [1.29, 1.82) is 0 Å². The molecule has 0 atom stereocenters. The van der Waals surface area contributed by atoms with Crippen LogP contribution in [0.1, 0.15) is 15.9 Å². The number of carbonyl (C=O) groups excluding carboxylic acids is 1. The van der Waals surface area contributed by atoms with Crippen LogP contribution < -0.4 is 19.7 Å². The number of para-hydroxylation sites is 1. The summed E-state index contributed by atoms with van der Waals surface area (Å²) >= 11 is 0. The van der Waals surface area contributed by atoms with E-state index in [9.17, 15) is 4.79 Å². The van der Waals surface area contributed by atoms with E-state index in [-0.39, 0.29) is 5.91 Å².